The second kappa shape index (κ2) is 6.55. The monoisotopic (exact) mass is 258 g/mol. The number of hydrogen-bond acceptors (Lipinski definition) is 2. The highest BCUT2D eigenvalue weighted by Crippen LogP contribution is 2.35. The first-order valence-electron chi connectivity index (χ1n) is 7.05. The fraction of sp³-hybridized carbons (Fsp3) is 0.471. The zero-order valence-electron chi connectivity index (χ0n) is 11.8. The minimum Gasteiger partial charge on any atom is -0.466 e. The maximum Gasteiger partial charge on any atom is 0.330 e. The van der Waals surface area contributed by atoms with E-state index in [1.807, 2.05) is 0 Å². The van der Waals surface area contributed by atoms with E-state index in [0.29, 0.717) is 0 Å². The van der Waals surface area contributed by atoms with E-state index >= 15 is 0 Å². The molecule has 1 aliphatic rings. The van der Waals surface area contributed by atoms with Crippen LogP contribution >= 0.6 is 0 Å². The molecule has 0 atom stereocenters. The van der Waals surface area contributed by atoms with Crippen molar-refractivity contribution >= 4 is 12.0 Å². The first-order valence-corrected chi connectivity index (χ1v) is 7.05. The van der Waals surface area contributed by atoms with Gasteiger partial charge >= 0.3 is 5.97 Å². The zero-order chi connectivity index (χ0) is 13.7. The van der Waals surface area contributed by atoms with Crippen LogP contribution in [-0.4, -0.2) is 13.1 Å². The van der Waals surface area contributed by atoms with Crippen LogP contribution in [0.25, 0.3) is 6.08 Å². The normalized spacial score (nSPS) is 23.5. The number of benzene rings is 1. The molecule has 0 amide bonds. The maximum atomic E-state index is 11.0. The Balaban J connectivity index is 1.98. The van der Waals surface area contributed by atoms with Gasteiger partial charge in [0.05, 0.1) is 7.11 Å². The van der Waals surface area contributed by atoms with E-state index in [9.17, 15) is 4.79 Å². The summed E-state index contributed by atoms with van der Waals surface area (Å²) in [6.07, 6.45) is 8.54. The molecule has 19 heavy (non-hydrogen) atoms. The van der Waals surface area contributed by atoms with E-state index in [2.05, 4.69) is 35.9 Å². The van der Waals surface area contributed by atoms with E-state index in [4.69, 9.17) is 0 Å². The predicted molar refractivity (Wildman–Crippen MR) is 77.9 cm³/mol. The van der Waals surface area contributed by atoms with Gasteiger partial charge in [0.1, 0.15) is 0 Å². The fourth-order valence-corrected chi connectivity index (χ4v) is 2.71. The zero-order valence-corrected chi connectivity index (χ0v) is 11.8. The molecule has 0 bridgehead atoms. The first-order chi connectivity index (χ1) is 9.19. The number of methoxy groups -OCH3 is 1. The molecule has 2 heteroatoms. The highest BCUT2D eigenvalue weighted by Gasteiger charge is 2.19. The van der Waals surface area contributed by atoms with Crippen LogP contribution in [0.3, 0.4) is 0 Å². The molecule has 2 rings (SSSR count). The smallest absolute Gasteiger partial charge is 0.330 e. The Morgan fingerprint density at radius 3 is 2.37 bits per heavy atom. The van der Waals surface area contributed by atoms with Crippen LogP contribution < -0.4 is 0 Å². The Morgan fingerprint density at radius 2 is 1.79 bits per heavy atom. The molecule has 0 radical (unpaired) electrons. The Bertz CT molecular complexity index is 437. The lowest BCUT2D eigenvalue weighted by Crippen LogP contribution is -2.10. The van der Waals surface area contributed by atoms with Crippen molar-refractivity contribution in [3.05, 3.63) is 41.5 Å². The van der Waals surface area contributed by atoms with Crippen molar-refractivity contribution in [3.63, 3.8) is 0 Å². The third kappa shape index (κ3) is 3.95. The van der Waals surface area contributed by atoms with Gasteiger partial charge in [-0.15, -0.1) is 0 Å². The van der Waals surface area contributed by atoms with Gasteiger partial charge in [0.25, 0.3) is 0 Å². The van der Waals surface area contributed by atoms with Gasteiger partial charge in [-0.3, -0.25) is 0 Å². The minimum atomic E-state index is -0.314. The molecule has 1 fully saturated rings. The molecule has 0 heterocycles. The predicted octanol–water partition coefficient (Wildman–Crippen LogP) is 4.17. The van der Waals surface area contributed by atoms with E-state index in [1.165, 1.54) is 44.4 Å². The van der Waals surface area contributed by atoms with Crippen molar-refractivity contribution in [2.75, 3.05) is 7.11 Å². The van der Waals surface area contributed by atoms with Gasteiger partial charge < -0.3 is 4.74 Å². The van der Waals surface area contributed by atoms with Crippen molar-refractivity contribution < 1.29 is 9.53 Å². The maximum absolute atomic E-state index is 11.0. The van der Waals surface area contributed by atoms with Crippen molar-refractivity contribution in [1.82, 2.24) is 0 Å². The molecule has 0 saturated heterocycles. The Labute approximate surface area is 115 Å². The van der Waals surface area contributed by atoms with E-state index in [0.717, 1.165) is 17.4 Å². The molecule has 1 aliphatic carbocycles. The number of rotatable bonds is 3. The Morgan fingerprint density at radius 1 is 1.16 bits per heavy atom. The summed E-state index contributed by atoms with van der Waals surface area (Å²) in [6, 6.07) is 8.54. The molecule has 0 aromatic heterocycles. The van der Waals surface area contributed by atoms with Gasteiger partial charge in [0.15, 0.2) is 0 Å². The Hall–Kier alpha value is -1.57. The van der Waals surface area contributed by atoms with Crippen LogP contribution in [0.1, 0.15) is 49.7 Å². The van der Waals surface area contributed by atoms with Gasteiger partial charge in [0, 0.05) is 6.08 Å². The number of hydrogen-bond donors (Lipinski definition) is 0. The number of ether oxygens (including phenoxy) is 1. The van der Waals surface area contributed by atoms with Gasteiger partial charge in [-0.05, 0) is 41.9 Å². The second-order valence-corrected chi connectivity index (χ2v) is 5.48. The summed E-state index contributed by atoms with van der Waals surface area (Å²) >= 11 is 0. The van der Waals surface area contributed by atoms with Crippen LogP contribution in [0, 0.1) is 5.92 Å². The summed E-state index contributed by atoms with van der Waals surface area (Å²) in [5.41, 5.74) is 2.47. The summed E-state index contributed by atoms with van der Waals surface area (Å²) in [5.74, 6) is 1.29. The average molecular weight is 258 g/mol. The van der Waals surface area contributed by atoms with Crippen LogP contribution in [0.2, 0.25) is 0 Å². The second-order valence-electron chi connectivity index (χ2n) is 5.48. The van der Waals surface area contributed by atoms with Crippen LogP contribution in [0.4, 0.5) is 0 Å². The average Bonchev–Trinajstić information content (AvgIpc) is 2.46. The molecule has 102 valence electrons. The molecule has 1 aromatic rings. The largest absolute Gasteiger partial charge is 0.466 e. The highest BCUT2D eigenvalue weighted by atomic mass is 16.5. The van der Waals surface area contributed by atoms with Crippen molar-refractivity contribution in [2.45, 2.75) is 38.5 Å². The summed E-state index contributed by atoms with van der Waals surface area (Å²) in [4.78, 5) is 11.0. The van der Waals surface area contributed by atoms with Gasteiger partial charge in [-0.25, -0.2) is 4.79 Å². The third-order valence-electron chi connectivity index (χ3n) is 4.04. The summed E-state index contributed by atoms with van der Waals surface area (Å²) in [5, 5.41) is 0. The van der Waals surface area contributed by atoms with Crippen LogP contribution in [0.5, 0.6) is 0 Å². The van der Waals surface area contributed by atoms with E-state index < -0.39 is 0 Å². The SMILES string of the molecule is COC(=O)C=Cc1ccc(C2CCC(C)CC2)cc1. The van der Waals surface area contributed by atoms with E-state index in [-0.39, 0.29) is 5.97 Å². The lowest BCUT2D eigenvalue weighted by atomic mass is 9.79. The summed E-state index contributed by atoms with van der Waals surface area (Å²) in [6.45, 7) is 2.34. The van der Waals surface area contributed by atoms with Gasteiger partial charge in [-0.2, -0.15) is 0 Å². The molecule has 1 aromatic carbocycles. The van der Waals surface area contributed by atoms with Gasteiger partial charge in [-0.1, -0.05) is 44.0 Å². The lowest BCUT2D eigenvalue weighted by Gasteiger charge is -2.26. The van der Waals surface area contributed by atoms with Crippen LogP contribution in [0.15, 0.2) is 30.3 Å². The van der Waals surface area contributed by atoms with E-state index in [1.54, 1.807) is 6.08 Å². The molecule has 0 N–H and O–H groups in total. The quantitative estimate of drug-likeness (QED) is 0.601. The third-order valence-corrected chi connectivity index (χ3v) is 4.04. The highest BCUT2D eigenvalue weighted by molar-refractivity contribution is 5.86. The first kappa shape index (κ1) is 13.9. The summed E-state index contributed by atoms with van der Waals surface area (Å²) < 4.78 is 4.58. The lowest BCUT2D eigenvalue weighted by molar-refractivity contribution is -0.134. The van der Waals surface area contributed by atoms with Crippen molar-refractivity contribution in [3.8, 4) is 0 Å². The number of carbonyl (C=O) groups excluding carboxylic acids is 1. The Kier molecular flexibility index (Phi) is 4.78. The topological polar surface area (TPSA) is 26.3 Å². The number of esters is 1. The molecule has 0 spiro atoms. The van der Waals surface area contributed by atoms with Crippen molar-refractivity contribution in [1.29, 1.82) is 0 Å². The molecule has 2 nitrogen and oxygen atoms in total. The molecule has 1 saturated carbocycles. The molecule has 0 aliphatic heterocycles. The number of carbonyl (C=O) groups is 1. The standard InChI is InChI=1S/C17H22O2/c1-13-3-8-15(9-4-13)16-10-5-14(6-11-16)7-12-17(18)19-2/h5-7,10-13,15H,3-4,8-9H2,1-2H3. The van der Waals surface area contributed by atoms with Crippen molar-refractivity contribution in [2.24, 2.45) is 5.92 Å². The molecule has 0 unspecified atom stereocenters. The molecular weight excluding hydrogens is 236 g/mol. The fourth-order valence-electron chi connectivity index (χ4n) is 2.71. The minimum absolute atomic E-state index is 0.314. The molecular formula is C17H22O2. The van der Waals surface area contributed by atoms with Crippen LogP contribution in [-0.2, 0) is 9.53 Å². The summed E-state index contributed by atoms with van der Waals surface area (Å²) in [7, 11) is 1.39. The van der Waals surface area contributed by atoms with Gasteiger partial charge in [0.2, 0.25) is 0 Å².